The molecular weight excluding hydrogens is 723 g/mol. The average Bonchev–Trinajstić information content (AvgIpc) is 3.87. The molecule has 0 heterocycles. The monoisotopic (exact) mass is 769 g/mol. The fourth-order valence-corrected chi connectivity index (χ4v) is 13.4. The molecule has 288 valence electrons. The van der Waals surface area contributed by atoms with Crippen molar-refractivity contribution < 1.29 is 0 Å². The van der Waals surface area contributed by atoms with Gasteiger partial charge in [0.2, 0.25) is 0 Å². The summed E-state index contributed by atoms with van der Waals surface area (Å²) in [5, 5.41) is 2.66. The molecule has 4 bridgehead atoms. The molecule has 60 heavy (non-hydrogen) atoms. The molecule has 0 aromatic heterocycles. The maximum Gasteiger partial charge on any atom is 0.0578 e. The quantitative estimate of drug-likeness (QED) is 0.163. The van der Waals surface area contributed by atoms with E-state index in [0.717, 1.165) is 30.6 Å². The molecule has 1 nitrogen and oxygen atoms in total. The second-order valence-corrected chi connectivity index (χ2v) is 18.3. The lowest BCUT2D eigenvalue weighted by Gasteiger charge is -2.45. The summed E-state index contributed by atoms with van der Waals surface area (Å²) in [6.45, 7) is 0. The fraction of sp³-hybridized carbons (Fsp3) is 0.186. The Hall–Kier alpha value is -6.44. The molecule has 1 spiro atoms. The van der Waals surface area contributed by atoms with Gasteiger partial charge in [0.15, 0.2) is 0 Å². The van der Waals surface area contributed by atoms with Gasteiger partial charge < -0.3 is 4.90 Å². The van der Waals surface area contributed by atoms with Gasteiger partial charge >= 0.3 is 0 Å². The van der Waals surface area contributed by atoms with Gasteiger partial charge in [0, 0.05) is 22.2 Å². The second-order valence-electron chi connectivity index (χ2n) is 18.3. The maximum absolute atomic E-state index is 2.56. The van der Waals surface area contributed by atoms with E-state index in [-0.39, 0.29) is 5.41 Å². The van der Waals surface area contributed by atoms with Gasteiger partial charge in [-0.15, -0.1) is 0 Å². The fourth-order valence-electron chi connectivity index (χ4n) is 13.4. The second kappa shape index (κ2) is 13.3. The Morgan fingerprint density at radius 1 is 0.483 bits per heavy atom. The van der Waals surface area contributed by atoms with Crippen molar-refractivity contribution in [2.24, 2.45) is 23.7 Å². The number of rotatable bonds is 6. The van der Waals surface area contributed by atoms with Crippen molar-refractivity contribution in [2.45, 2.75) is 43.9 Å². The van der Waals surface area contributed by atoms with Crippen LogP contribution in [0.25, 0.3) is 61.4 Å². The first-order valence-electron chi connectivity index (χ1n) is 22.3. The van der Waals surface area contributed by atoms with Crippen LogP contribution in [0.4, 0.5) is 17.1 Å². The molecule has 5 unspecified atom stereocenters. The van der Waals surface area contributed by atoms with Crippen LogP contribution in [0, 0.1) is 23.7 Å². The molecule has 6 aliphatic carbocycles. The molecule has 8 aromatic rings. The van der Waals surface area contributed by atoms with Crippen LogP contribution in [-0.2, 0) is 11.8 Å². The Kier molecular flexibility index (Phi) is 7.62. The Morgan fingerprint density at radius 2 is 1.08 bits per heavy atom. The highest BCUT2D eigenvalue weighted by molar-refractivity contribution is 6.12. The Bertz CT molecular complexity index is 2910. The zero-order chi connectivity index (χ0) is 39.4. The largest absolute Gasteiger partial charge is 0.310 e. The summed E-state index contributed by atoms with van der Waals surface area (Å²) in [4.78, 5) is 2.56. The lowest BCUT2D eigenvalue weighted by Crippen LogP contribution is -2.40. The molecular formula is C59H47N. The molecule has 0 N–H and O–H groups in total. The van der Waals surface area contributed by atoms with Crippen molar-refractivity contribution in [3.8, 4) is 44.5 Å². The summed E-state index contributed by atoms with van der Waals surface area (Å²) >= 11 is 0. The Morgan fingerprint density at radius 3 is 1.78 bits per heavy atom. The lowest BCUT2D eigenvalue weighted by atomic mass is 9.58. The lowest BCUT2D eigenvalue weighted by molar-refractivity contribution is 0.191. The van der Waals surface area contributed by atoms with E-state index in [1.54, 1.807) is 11.1 Å². The van der Waals surface area contributed by atoms with Crippen LogP contribution < -0.4 is 4.90 Å². The Balaban J connectivity index is 1.06. The van der Waals surface area contributed by atoms with Crippen LogP contribution in [0.3, 0.4) is 0 Å². The van der Waals surface area contributed by atoms with Crippen LogP contribution in [0.15, 0.2) is 182 Å². The van der Waals surface area contributed by atoms with Gasteiger partial charge in [0.1, 0.15) is 0 Å². The average molecular weight is 770 g/mol. The van der Waals surface area contributed by atoms with Crippen molar-refractivity contribution in [1.29, 1.82) is 0 Å². The minimum absolute atomic E-state index is 0.0955. The first-order valence-corrected chi connectivity index (χ1v) is 22.3. The van der Waals surface area contributed by atoms with Crippen molar-refractivity contribution >= 4 is 33.9 Å². The molecule has 0 radical (unpaired) electrons. The Labute approximate surface area is 353 Å². The summed E-state index contributed by atoms with van der Waals surface area (Å²) in [5.41, 5.74) is 20.7. The third-order valence-corrected chi connectivity index (χ3v) is 15.5. The van der Waals surface area contributed by atoms with E-state index < -0.39 is 0 Å². The van der Waals surface area contributed by atoms with E-state index in [9.17, 15) is 0 Å². The predicted octanol–water partition coefficient (Wildman–Crippen LogP) is 15.6. The number of benzene rings is 8. The topological polar surface area (TPSA) is 3.24 Å². The van der Waals surface area contributed by atoms with Gasteiger partial charge in [-0.3, -0.25) is 0 Å². The zero-order valence-electron chi connectivity index (χ0n) is 33.9. The van der Waals surface area contributed by atoms with Crippen LogP contribution in [0.2, 0.25) is 0 Å². The molecule has 4 fully saturated rings. The van der Waals surface area contributed by atoms with Gasteiger partial charge in [0.05, 0.1) is 5.69 Å². The summed E-state index contributed by atoms with van der Waals surface area (Å²) in [6.07, 6.45) is 12.5. The van der Waals surface area contributed by atoms with Gasteiger partial charge in [-0.2, -0.15) is 0 Å². The van der Waals surface area contributed by atoms with Gasteiger partial charge in [0.25, 0.3) is 0 Å². The molecule has 14 rings (SSSR count). The van der Waals surface area contributed by atoms with Gasteiger partial charge in [-0.25, -0.2) is 0 Å². The van der Waals surface area contributed by atoms with E-state index in [0.29, 0.717) is 5.92 Å². The summed E-state index contributed by atoms with van der Waals surface area (Å²) in [7, 11) is 0. The van der Waals surface area contributed by atoms with Crippen molar-refractivity contribution in [1.82, 2.24) is 0 Å². The third kappa shape index (κ3) is 4.87. The minimum Gasteiger partial charge on any atom is -0.310 e. The number of anilines is 3. The number of hydrogen-bond donors (Lipinski definition) is 0. The van der Waals surface area contributed by atoms with Crippen LogP contribution in [-0.4, -0.2) is 0 Å². The first-order chi connectivity index (χ1) is 29.8. The standard InChI is InChI=1S/C59H47N/c1-3-14-39(15-4-1)41-26-30-45(31-27-41)60(46-32-28-42(29-33-46)40-16-5-2-6-17-40)58-51-21-9-7-19-48(51)56(49-20-8-10-22-52(49)58)53-24-13-23-50-47-18-11-12-25-54(47)59(57(50)53)44-35-38-34-43(37-44)55(59)36-38/h1-9,11-21,23-33,38,43-44,55H,10,22,34-37H2. The molecule has 5 atom stereocenters. The summed E-state index contributed by atoms with van der Waals surface area (Å²) in [5.74, 6) is 3.21. The highest BCUT2D eigenvalue weighted by atomic mass is 15.1. The van der Waals surface area contributed by atoms with E-state index in [1.807, 2.05) is 0 Å². The SMILES string of the molecule is C1=Cc2c(c(N(c3ccc(-c4ccccc4)cc3)c3ccc(-c4ccccc4)cc3)c3ccccc3c2-c2cccc3c2C2(c4ccccc4-3)C3CC4CC(C3)C2C4)CC1. The van der Waals surface area contributed by atoms with Gasteiger partial charge in [-0.05, 0) is 159 Å². The molecule has 6 aliphatic rings. The first kappa shape index (κ1) is 34.4. The van der Waals surface area contributed by atoms with Crippen molar-refractivity contribution in [2.75, 3.05) is 4.90 Å². The number of nitrogens with zero attached hydrogens (tertiary/aromatic N) is 1. The van der Waals surface area contributed by atoms with Crippen molar-refractivity contribution in [3.63, 3.8) is 0 Å². The van der Waals surface area contributed by atoms with Crippen LogP contribution in [0.5, 0.6) is 0 Å². The van der Waals surface area contributed by atoms with E-state index in [2.05, 4.69) is 193 Å². The molecule has 8 aromatic carbocycles. The molecule has 4 saturated carbocycles. The number of allylic oxidation sites excluding steroid dienone is 1. The molecule has 0 saturated heterocycles. The zero-order valence-corrected chi connectivity index (χ0v) is 33.9. The molecule has 1 heteroatoms. The van der Waals surface area contributed by atoms with E-state index in [1.165, 1.54) is 109 Å². The van der Waals surface area contributed by atoms with Gasteiger partial charge in [-0.1, -0.05) is 164 Å². The predicted molar refractivity (Wildman–Crippen MR) is 251 cm³/mol. The van der Waals surface area contributed by atoms with Crippen molar-refractivity contribution in [3.05, 3.63) is 204 Å². The normalized spacial score (nSPS) is 22.6. The highest BCUT2D eigenvalue weighted by Gasteiger charge is 2.66. The maximum atomic E-state index is 2.56. The highest BCUT2D eigenvalue weighted by Crippen LogP contribution is 2.74. The van der Waals surface area contributed by atoms with Crippen LogP contribution >= 0.6 is 0 Å². The summed E-state index contributed by atoms with van der Waals surface area (Å²) in [6, 6.07) is 66.3. The minimum atomic E-state index is 0.0955. The molecule has 0 aliphatic heterocycles. The van der Waals surface area contributed by atoms with Crippen LogP contribution in [0.1, 0.15) is 54.4 Å². The number of hydrogen-bond acceptors (Lipinski definition) is 1. The summed E-state index contributed by atoms with van der Waals surface area (Å²) < 4.78 is 0. The van der Waals surface area contributed by atoms with E-state index >= 15 is 0 Å². The smallest absolute Gasteiger partial charge is 0.0578 e. The molecule has 0 amide bonds. The number of fused-ring (bicyclic) bond motifs is 5. The third-order valence-electron chi connectivity index (χ3n) is 15.5. The van der Waals surface area contributed by atoms with E-state index in [4.69, 9.17) is 0 Å².